The second kappa shape index (κ2) is 10.6. The fraction of sp³-hybridized carbons (Fsp3) is 0.645. The minimum absolute atomic E-state index is 0.00111. The third-order valence-corrected chi connectivity index (χ3v) is 10.7. The summed E-state index contributed by atoms with van der Waals surface area (Å²) in [6, 6.07) is 4.18. The van der Waals surface area contributed by atoms with E-state index < -0.39 is 30.5 Å². The average Bonchev–Trinajstić information content (AvgIpc) is 3.53. The number of aromatic nitrogens is 2. The quantitative estimate of drug-likeness (QED) is 0.390. The first kappa shape index (κ1) is 30.2. The van der Waals surface area contributed by atoms with Crippen LogP contribution in [0, 0.1) is 17.3 Å². The summed E-state index contributed by atoms with van der Waals surface area (Å²) in [6.45, 7) is 10.7. The number of hydrogen-bond acceptors (Lipinski definition) is 6. The molecule has 0 radical (unpaired) electrons. The van der Waals surface area contributed by atoms with Crippen LogP contribution in [0.1, 0.15) is 95.6 Å². The maximum absolute atomic E-state index is 13.8. The van der Waals surface area contributed by atoms with Gasteiger partial charge < -0.3 is 19.9 Å². The molecule has 0 spiro atoms. The van der Waals surface area contributed by atoms with E-state index in [0.717, 1.165) is 25.0 Å². The average molecular weight is 600 g/mol. The molecule has 2 aliphatic heterocycles. The number of carbonyl (C=O) groups excluding carboxylic acids is 1. The summed E-state index contributed by atoms with van der Waals surface area (Å²) in [5, 5.41) is 6.07. The van der Waals surface area contributed by atoms with Crippen LogP contribution in [0.25, 0.3) is 0 Å². The number of amides is 1. The van der Waals surface area contributed by atoms with E-state index >= 15 is 0 Å². The standard InChI is InChI=1S/C31H40BF3N4O4/c1-6-18-12-23(27(40)38-24(7-2)32-42-25-21-13-20(29(21,3)4)14-30(25,5)43-32)39-26(18)37-16-22(28(39)41)36-15-17-9-8-10-19(11-17)31(33,34)35/h8-11,16,18,20-21,23-25,36H,6-7,12-15H2,1-5H3,(H,38,40)/t18?,20?,21?,23-,24-,25?,30-/m0/s1. The topological polar surface area (TPSA) is 94.5 Å². The molecule has 232 valence electrons. The minimum atomic E-state index is -4.46. The summed E-state index contributed by atoms with van der Waals surface area (Å²) in [5.41, 5.74) is -0.832. The number of rotatable bonds is 8. The Bertz CT molecular complexity index is 1470. The number of halogens is 3. The lowest BCUT2D eigenvalue weighted by Gasteiger charge is -2.63. The van der Waals surface area contributed by atoms with Gasteiger partial charge in [0.25, 0.3) is 5.56 Å². The largest absolute Gasteiger partial charge is 0.481 e. The molecule has 5 aliphatic rings. The second-order valence-corrected chi connectivity index (χ2v) is 13.6. The van der Waals surface area contributed by atoms with E-state index in [1.165, 1.54) is 16.8 Å². The third-order valence-electron chi connectivity index (χ3n) is 10.7. The second-order valence-electron chi connectivity index (χ2n) is 13.6. The van der Waals surface area contributed by atoms with Crippen LogP contribution in [-0.4, -0.2) is 40.2 Å². The Hall–Kier alpha value is -2.86. The maximum Gasteiger partial charge on any atom is 0.481 e. The zero-order valence-corrected chi connectivity index (χ0v) is 25.3. The van der Waals surface area contributed by atoms with Crippen molar-refractivity contribution < 1.29 is 27.3 Å². The molecular formula is C31H40BF3N4O4. The van der Waals surface area contributed by atoms with Gasteiger partial charge in [-0.1, -0.05) is 39.8 Å². The number of nitrogens with zero attached hydrogens (tertiary/aromatic N) is 2. The first-order valence-electron chi connectivity index (χ1n) is 15.4. The molecule has 2 N–H and O–H groups in total. The molecule has 1 amide bonds. The fourth-order valence-corrected chi connectivity index (χ4v) is 7.87. The minimum Gasteiger partial charge on any atom is -0.404 e. The van der Waals surface area contributed by atoms with Gasteiger partial charge in [-0.05, 0) is 74.0 Å². The van der Waals surface area contributed by atoms with Gasteiger partial charge >= 0.3 is 13.3 Å². The monoisotopic (exact) mass is 600 g/mol. The lowest BCUT2D eigenvalue weighted by Crippen LogP contribution is -2.63. The predicted molar refractivity (Wildman–Crippen MR) is 156 cm³/mol. The van der Waals surface area contributed by atoms with Crippen molar-refractivity contribution in [1.29, 1.82) is 0 Å². The number of nitrogens with one attached hydrogen (secondary N) is 2. The van der Waals surface area contributed by atoms with Gasteiger partial charge in [0.2, 0.25) is 5.91 Å². The van der Waals surface area contributed by atoms with Gasteiger partial charge in [0.05, 0.1) is 29.4 Å². The van der Waals surface area contributed by atoms with Gasteiger partial charge in [-0.3, -0.25) is 14.2 Å². The Morgan fingerprint density at radius 2 is 2.00 bits per heavy atom. The van der Waals surface area contributed by atoms with E-state index in [1.54, 1.807) is 6.07 Å². The molecule has 7 atom stereocenters. The number of hydrogen-bond donors (Lipinski definition) is 2. The van der Waals surface area contributed by atoms with Gasteiger partial charge in [0.15, 0.2) is 0 Å². The highest BCUT2D eigenvalue weighted by atomic mass is 19.4. The molecule has 1 saturated heterocycles. The van der Waals surface area contributed by atoms with E-state index in [1.807, 2.05) is 13.8 Å². The Morgan fingerprint density at radius 3 is 2.67 bits per heavy atom. The Balaban J connectivity index is 1.19. The smallest absolute Gasteiger partial charge is 0.404 e. The number of alkyl halides is 3. The summed E-state index contributed by atoms with van der Waals surface area (Å²) in [6.07, 6.45) is 0.751. The highest BCUT2D eigenvalue weighted by Crippen LogP contribution is 2.64. The van der Waals surface area contributed by atoms with Crippen molar-refractivity contribution >= 4 is 18.7 Å². The molecule has 3 saturated carbocycles. The molecule has 3 heterocycles. The molecule has 8 nitrogen and oxygen atoms in total. The van der Waals surface area contributed by atoms with Crippen molar-refractivity contribution in [2.24, 2.45) is 17.3 Å². The molecule has 7 rings (SSSR count). The van der Waals surface area contributed by atoms with Gasteiger partial charge in [0, 0.05) is 12.5 Å². The van der Waals surface area contributed by atoms with Crippen molar-refractivity contribution in [3.8, 4) is 0 Å². The van der Waals surface area contributed by atoms with Crippen molar-refractivity contribution in [2.45, 2.75) is 109 Å². The predicted octanol–water partition coefficient (Wildman–Crippen LogP) is 5.47. The first-order valence-corrected chi connectivity index (χ1v) is 15.4. The number of anilines is 1. The molecule has 4 unspecified atom stereocenters. The Morgan fingerprint density at radius 1 is 1.23 bits per heavy atom. The summed E-state index contributed by atoms with van der Waals surface area (Å²) >= 11 is 0. The lowest BCUT2D eigenvalue weighted by molar-refractivity contribution is -0.185. The first-order chi connectivity index (χ1) is 20.3. The van der Waals surface area contributed by atoms with Gasteiger partial charge in [-0.15, -0.1) is 0 Å². The molecule has 4 fully saturated rings. The van der Waals surface area contributed by atoms with E-state index in [9.17, 15) is 22.8 Å². The van der Waals surface area contributed by atoms with Gasteiger partial charge in [-0.25, -0.2) is 4.98 Å². The van der Waals surface area contributed by atoms with Crippen LogP contribution >= 0.6 is 0 Å². The molecule has 1 aromatic heterocycles. The molecule has 2 bridgehead atoms. The molecule has 43 heavy (non-hydrogen) atoms. The maximum atomic E-state index is 13.8. The Labute approximate surface area is 250 Å². The number of carbonyl (C=O) groups is 1. The van der Waals surface area contributed by atoms with E-state index in [-0.39, 0.29) is 47.1 Å². The molecule has 3 aliphatic carbocycles. The van der Waals surface area contributed by atoms with Crippen LogP contribution in [0.3, 0.4) is 0 Å². The molecule has 12 heteroatoms. The van der Waals surface area contributed by atoms with Crippen LogP contribution in [0.5, 0.6) is 0 Å². The van der Waals surface area contributed by atoms with Crippen molar-refractivity contribution in [3.63, 3.8) is 0 Å². The van der Waals surface area contributed by atoms with Gasteiger partial charge in [0.1, 0.15) is 17.6 Å². The van der Waals surface area contributed by atoms with Crippen molar-refractivity contribution in [3.05, 3.63) is 57.8 Å². The molecule has 1 aromatic carbocycles. The van der Waals surface area contributed by atoms with Crippen LogP contribution in [0.15, 0.2) is 35.3 Å². The normalized spacial score (nSPS) is 31.2. The Kier molecular flexibility index (Phi) is 7.47. The zero-order valence-electron chi connectivity index (χ0n) is 25.3. The molecular weight excluding hydrogens is 560 g/mol. The van der Waals surface area contributed by atoms with Crippen LogP contribution in [0.4, 0.5) is 18.9 Å². The van der Waals surface area contributed by atoms with Crippen molar-refractivity contribution in [2.75, 3.05) is 5.32 Å². The summed E-state index contributed by atoms with van der Waals surface area (Å²) in [5.74, 6) is 0.820. The highest BCUT2D eigenvalue weighted by molar-refractivity contribution is 6.47. The summed E-state index contributed by atoms with van der Waals surface area (Å²) in [7, 11) is -0.572. The third kappa shape index (κ3) is 5.08. The van der Waals surface area contributed by atoms with E-state index in [2.05, 4.69) is 36.4 Å². The number of benzene rings is 1. The lowest BCUT2D eigenvalue weighted by atomic mass is 9.45. The molecule has 2 aromatic rings. The summed E-state index contributed by atoms with van der Waals surface area (Å²) in [4.78, 5) is 32.0. The van der Waals surface area contributed by atoms with Crippen LogP contribution < -0.4 is 16.2 Å². The van der Waals surface area contributed by atoms with Crippen LogP contribution in [0.2, 0.25) is 0 Å². The highest BCUT2D eigenvalue weighted by Gasteiger charge is 2.67. The van der Waals surface area contributed by atoms with E-state index in [4.69, 9.17) is 9.31 Å². The van der Waals surface area contributed by atoms with E-state index in [0.29, 0.717) is 42.5 Å². The fourth-order valence-electron chi connectivity index (χ4n) is 7.87. The SMILES string of the molecule is CCC1C[C@@H](C(=O)N[C@@H](CC)B2OC3C4CC(C[C@]3(C)O2)C4(C)C)n2c1ncc(NCc1cccc(C(F)(F)F)c1)c2=O. The van der Waals surface area contributed by atoms with Crippen LogP contribution in [-0.2, 0) is 26.8 Å². The zero-order chi connectivity index (χ0) is 30.9. The van der Waals surface area contributed by atoms with Gasteiger partial charge in [-0.2, -0.15) is 13.2 Å². The van der Waals surface area contributed by atoms with Crippen molar-refractivity contribution in [1.82, 2.24) is 14.9 Å². The summed E-state index contributed by atoms with van der Waals surface area (Å²) < 4.78 is 54.0. The number of fused-ring (bicyclic) bond motifs is 1.